The number of nitrogens with two attached hydrogens (primary N) is 1. The highest BCUT2D eigenvalue weighted by Gasteiger charge is 2.05. The van der Waals surface area contributed by atoms with Gasteiger partial charge in [0.1, 0.15) is 11.4 Å². The van der Waals surface area contributed by atoms with Gasteiger partial charge >= 0.3 is 0 Å². The second-order valence-corrected chi connectivity index (χ2v) is 3.73. The van der Waals surface area contributed by atoms with E-state index in [1.165, 1.54) is 5.56 Å². The van der Waals surface area contributed by atoms with Gasteiger partial charge in [0, 0.05) is 0 Å². The highest BCUT2D eigenvalue weighted by atomic mass is 16.5. The molecule has 0 saturated carbocycles. The first-order valence-electron chi connectivity index (χ1n) is 5.14. The summed E-state index contributed by atoms with van der Waals surface area (Å²) in [7, 11) is 0. The third kappa shape index (κ3) is 1.98. The van der Waals surface area contributed by atoms with Crippen molar-refractivity contribution in [3.05, 3.63) is 46.8 Å². The van der Waals surface area contributed by atoms with Crippen LogP contribution in [-0.2, 0) is 0 Å². The maximum absolute atomic E-state index is 5.80. The topological polar surface area (TPSA) is 52.0 Å². The number of nitrogens with zero attached hydrogens (tertiary/aromatic N) is 1. The van der Waals surface area contributed by atoms with E-state index in [-0.39, 0.29) is 0 Å². The Morgan fingerprint density at radius 2 is 1.94 bits per heavy atom. The minimum Gasteiger partial charge on any atom is -0.394 e. The average Bonchev–Trinajstić information content (AvgIpc) is 2.59. The predicted octanol–water partition coefficient (Wildman–Crippen LogP) is 3.04. The van der Waals surface area contributed by atoms with Gasteiger partial charge in [-0.2, -0.15) is 0 Å². The first kappa shape index (κ1) is 10.5. The van der Waals surface area contributed by atoms with Gasteiger partial charge in [0.25, 0.3) is 0 Å². The molecule has 0 aliphatic rings. The summed E-state index contributed by atoms with van der Waals surface area (Å²) in [5.74, 6) is 0.657. The molecule has 0 spiro atoms. The molecule has 0 radical (unpaired) electrons. The Balaban J connectivity index is 2.28. The molecule has 0 fully saturated rings. The average molecular weight is 214 g/mol. The van der Waals surface area contributed by atoms with Gasteiger partial charge in [-0.25, -0.2) is 0 Å². The zero-order valence-corrected chi connectivity index (χ0v) is 9.40. The fourth-order valence-corrected chi connectivity index (χ4v) is 1.46. The lowest BCUT2D eigenvalue weighted by atomic mass is 10.1. The second kappa shape index (κ2) is 4.23. The van der Waals surface area contributed by atoms with Crippen molar-refractivity contribution >= 4 is 17.8 Å². The summed E-state index contributed by atoms with van der Waals surface area (Å²) < 4.78 is 4.99. The van der Waals surface area contributed by atoms with Gasteiger partial charge in [-0.05, 0) is 31.1 Å². The molecule has 0 saturated heterocycles. The van der Waals surface area contributed by atoms with Gasteiger partial charge in [0.2, 0.25) is 0 Å². The smallest absolute Gasteiger partial charge is 0.157 e. The Kier molecular flexibility index (Phi) is 2.77. The molecule has 0 bridgehead atoms. The molecule has 1 aromatic heterocycles. The number of rotatable bonds is 2. The normalized spacial score (nSPS) is 11.1. The Labute approximate surface area is 94.6 Å². The van der Waals surface area contributed by atoms with Gasteiger partial charge < -0.3 is 10.3 Å². The molecule has 82 valence electrons. The van der Waals surface area contributed by atoms with E-state index in [0.717, 1.165) is 5.56 Å². The van der Waals surface area contributed by atoms with Crippen LogP contribution < -0.4 is 5.73 Å². The monoisotopic (exact) mass is 214 g/mol. The lowest BCUT2D eigenvalue weighted by molar-refractivity contribution is 0.397. The van der Waals surface area contributed by atoms with Gasteiger partial charge in [0.05, 0.1) is 0 Å². The molecule has 0 amide bonds. The van der Waals surface area contributed by atoms with Crippen molar-refractivity contribution in [3.8, 4) is 0 Å². The third-order valence-corrected chi connectivity index (χ3v) is 2.55. The van der Waals surface area contributed by atoms with E-state index < -0.39 is 0 Å². The van der Waals surface area contributed by atoms with E-state index in [1.807, 2.05) is 24.3 Å². The lowest BCUT2D eigenvalue weighted by Gasteiger charge is -1.97. The van der Waals surface area contributed by atoms with Gasteiger partial charge in [-0.1, -0.05) is 35.5 Å². The first-order valence-corrected chi connectivity index (χ1v) is 5.14. The van der Waals surface area contributed by atoms with E-state index in [0.29, 0.717) is 17.1 Å². The molecule has 0 atom stereocenters. The van der Waals surface area contributed by atoms with E-state index in [9.17, 15) is 0 Å². The quantitative estimate of drug-likeness (QED) is 0.835. The Hall–Kier alpha value is -2.03. The molecule has 3 nitrogen and oxygen atoms in total. The standard InChI is InChI=1S/C13H14N2O/c1-9-5-3-4-6-11(9)7-8-12-13(14)10(2)16-15-12/h3-8H,14H2,1-2H3. The maximum Gasteiger partial charge on any atom is 0.157 e. The molecule has 1 aromatic carbocycles. The fraction of sp³-hybridized carbons (Fsp3) is 0.154. The first-order chi connectivity index (χ1) is 7.68. The van der Waals surface area contributed by atoms with Crippen molar-refractivity contribution in [2.45, 2.75) is 13.8 Å². The molecular weight excluding hydrogens is 200 g/mol. The molecule has 1 heterocycles. The van der Waals surface area contributed by atoms with Crippen molar-refractivity contribution in [3.63, 3.8) is 0 Å². The Morgan fingerprint density at radius 3 is 2.56 bits per heavy atom. The highest BCUT2D eigenvalue weighted by molar-refractivity contribution is 5.74. The Morgan fingerprint density at radius 1 is 1.19 bits per heavy atom. The molecule has 2 N–H and O–H groups in total. The SMILES string of the molecule is Cc1ccccc1C=Cc1noc(C)c1N. The number of aryl methyl sites for hydroxylation is 2. The summed E-state index contributed by atoms with van der Waals surface area (Å²) in [4.78, 5) is 0. The summed E-state index contributed by atoms with van der Waals surface area (Å²) in [6.07, 6.45) is 3.86. The summed E-state index contributed by atoms with van der Waals surface area (Å²) in [6, 6.07) is 8.14. The van der Waals surface area contributed by atoms with Crippen LogP contribution in [0.5, 0.6) is 0 Å². The number of hydrogen-bond donors (Lipinski definition) is 1. The number of benzene rings is 1. The Bertz CT molecular complexity index is 526. The van der Waals surface area contributed by atoms with Crippen molar-refractivity contribution in [2.75, 3.05) is 5.73 Å². The summed E-state index contributed by atoms with van der Waals surface area (Å²) in [5.41, 5.74) is 9.46. The molecule has 2 rings (SSSR count). The van der Waals surface area contributed by atoms with E-state index in [4.69, 9.17) is 10.3 Å². The van der Waals surface area contributed by atoms with Crippen LogP contribution in [0, 0.1) is 13.8 Å². The van der Waals surface area contributed by atoms with Gasteiger partial charge in [0.15, 0.2) is 5.76 Å². The molecule has 2 aromatic rings. The number of hydrogen-bond acceptors (Lipinski definition) is 3. The predicted molar refractivity (Wildman–Crippen MR) is 65.8 cm³/mol. The summed E-state index contributed by atoms with van der Waals surface area (Å²) in [6.45, 7) is 3.87. The van der Waals surface area contributed by atoms with Crippen molar-refractivity contribution in [2.24, 2.45) is 0 Å². The van der Waals surface area contributed by atoms with Crippen LogP contribution in [-0.4, -0.2) is 5.16 Å². The van der Waals surface area contributed by atoms with E-state index in [1.54, 1.807) is 6.92 Å². The fourth-order valence-electron chi connectivity index (χ4n) is 1.46. The molecule has 3 heteroatoms. The van der Waals surface area contributed by atoms with E-state index >= 15 is 0 Å². The number of aromatic nitrogens is 1. The van der Waals surface area contributed by atoms with Crippen LogP contribution in [0.1, 0.15) is 22.6 Å². The lowest BCUT2D eigenvalue weighted by Crippen LogP contribution is -1.87. The van der Waals surface area contributed by atoms with Gasteiger partial charge in [-0.3, -0.25) is 0 Å². The van der Waals surface area contributed by atoms with Crippen LogP contribution in [0.3, 0.4) is 0 Å². The van der Waals surface area contributed by atoms with Crippen LogP contribution in [0.2, 0.25) is 0 Å². The van der Waals surface area contributed by atoms with Crippen molar-refractivity contribution in [1.82, 2.24) is 5.16 Å². The maximum atomic E-state index is 5.80. The molecule has 0 unspecified atom stereocenters. The zero-order valence-electron chi connectivity index (χ0n) is 9.40. The van der Waals surface area contributed by atoms with Crippen LogP contribution >= 0.6 is 0 Å². The third-order valence-electron chi connectivity index (χ3n) is 2.55. The van der Waals surface area contributed by atoms with Crippen LogP contribution in [0.15, 0.2) is 28.8 Å². The largest absolute Gasteiger partial charge is 0.394 e. The van der Waals surface area contributed by atoms with Crippen LogP contribution in [0.4, 0.5) is 5.69 Å². The highest BCUT2D eigenvalue weighted by Crippen LogP contribution is 2.18. The van der Waals surface area contributed by atoms with Crippen LogP contribution in [0.25, 0.3) is 12.2 Å². The molecule has 0 aliphatic heterocycles. The summed E-state index contributed by atoms with van der Waals surface area (Å²) in [5, 5.41) is 3.87. The molecule has 16 heavy (non-hydrogen) atoms. The number of nitrogen functional groups attached to an aromatic ring is 1. The summed E-state index contributed by atoms with van der Waals surface area (Å²) >= 11 is 0. The molecular formula is C13H14N2O. The van der Waals surface area contributed by atoms with Gasteiger partial charge in [-0.15, -0.1) is 0 Å². The molecule has 0 aliphatic carbocycles. The van der Waals surface area contributed by atoms with E-state index in [2.05, 4.69) is 24.2 Å². The van der Waals surface area contributed by atoms with Crippen molar-refractivity contribution < 1.29 is 4.52 Å². The number of anilines is 1. The zero-order chi connectivity index (χ0) is 11.5. The minimum absolute atomic E-state index is 0.602. The van der Waals surface area contributed by atoms with Crippen molar-refractivity contribution in [1.29, 1.82) is 0 Å². The second-order valence-electron chi connectivity index (χ2n) is 3.73. The minimum atomic E-state index is 0.602.